The number of halogens is 1. The van der Waals surface area contributed by atoms with Crippen LogP contribution in [0.4, 0.5) is 0 Å². The lowest BCUT2D eigenvalue weighted by Gasteiger charge is -2.29. The van der Waals surface area contributed by atoms with Crippen molar-refractivity contribution in [2.24, 2.45) is 0 Å². The van der Waals surface area contributed by atoms with E-state index in [1.807, 2.05) is 0 Å². The summed E-state index contributed by atoms with van der Waals surface area (Å²) in [5, 5.41) is 0. The van der Waals surface area contributed by atoms with Crippen molar-refractivity contribution in [2.75, 3.05) is 12.6 Å². The third-order valence-electron chi connectivity index (χ3n) is 2.22. The number of hydrogen-bond donors (Lipinski definition) is 0. The molecule has 66 valence electrons. The van der Waals surface area contributed by atoms with Crippen molar-refractivity contribution in [2.45, 2.75) is 37.9 Å². The largest absolute Gasteiger partial charge is 0.379 e. The molecule has 11 heavy (non-hydrogen) atoms. The summed E-state index contributed by atoms with van der Waals surface area (Å²) in [5.41, 5.74) is 0.623. The fourth-order valence-corrected chi connectivity index (χ4v) is 1.94. The zero-order valence-electron chi connectivity index (χ0n) is 6.88. The molecule has 1 saturated carbocycles. The number of methoxy groups -OCH3 is 1. The molecule has 0 bridgehead atoms. The lowest BCUT2D eigenvalue weighted by Crippen LogP contribution is -2.33. The molecule has 0 aromatic heterocycles. The maximum atomic E-state index is 5.48. The second kappa shape index (κ2) is 5.12. The van der Waals surface area contributed by atoms with Gasteiger partial charge in [0.05, 0.1) is 12.2 Å². The minimum Gasteiger partial charge on any atom is -0.379 e. The summed E-state index contributed by atoms with van der Waals surface area (Å²) in [5.74, 6) is 0. The molecule has 0 aliphatic heterocycles. The van der Waals surface area contributed by atoms with Gasteiger partial charge in [-0.2, -0.15) is 0 Å². The molecule has 0 aromatic rings. The lowest BCUT2D eigenvalue weighted by atomic mass is 9.95. The lowest BCUT2D eigenvalue weighted by molar-refractivity contribution is -0.0614. The molecule has 2 unspecified atom stereocenters. The van der Waals surface area contributed by atoms with Gasteiger partial charge in [0.1, 0.15) is 5.52 Å². The third kappa shape index (κ3) is 2.73. The van der Waals surface area contributed by atoms with Crippen LogP contribution in [0.25, 0.3) is 0 Å². The van der Waals surface area contributed by atoms with Crippen molar-refractivity contribution in [1.29, 1.82) is 0 Å². The Bertz CT molecular complexity index is 106. The van der Waals surface area contributed by atoms with Gasteiger partial charge in [0.2, 0.25) is 0 Å². The normalized spacial score (nSPS) is 32.2. The van der Waals surface area contributed by atoms with Crippen LogP contribution in [0.15, 0.2) is 0 Å². The second-order valence-electron chi connectivity index (χ2n) is 2.87. The highest BCUT2D eigenvalue weighted by Gasteiger charge is 2.24. The molecule has 2 nitrogen and oxygen atoms in total. The van der Waals surface area contributed by atoms with E-state index < -0.39 is 0 Å². The zero-order chi connectivity index (χ0) is 8.10. The van der Waals surface area contributed by atoms with Crippen LogP contribution in [0.1, 0.15) is 25.7 Å². The van der Waals surface area contributed by atoms with Gasteiger partial charge in [-0.05, 0) is 12.8 Å². The Morgan fingerprint density at radius 1 is 1.27 bits per heavy atom. The number of hydrogen-bond acceptors (Lipinski definition) is 2. The zero-order valence-corrected chi connectivity index (χ0v) is 8.47. The van der Waals surface area contributed by atoms with Gasteiger partial charge < -0.3 is 9.47 Å². The predicted octanol–water partition coefficient (Wildman–Crippen LogP) is 2.31. The average Bonchev–Trinajstić information content (AvgIpc) is 2.06. The summed E-state index contributed by atoms with van der Waals surface area (Å²) in [6, 6.07) is 0. The molecule has 1 rings (SSSR count). The first kappa shape index (κ1) is 9.49. The number of ether oxygens (including phenoxy) is 2. The molecule has 0 aromatic carbocycles. The molecule has 3 heteroatoms. The van der Waals surface area contributed by atoms with E-state index in [4.69, 9.17) is 9.47 Å². The Morgan fingerprint density at radius 3 is 2.45 bits per heavy atom. The molecule has 0 saturated heterocycles. The van der Waals surface area contributed by atoms with Crippen molar-refractivity contribution in [1.82, 2.24) is 0 Å². The van der Waals surface area contributed by atoms with Crippen molar-refractivity contribution in [3.63, 3.8) is 0 Å². The maximum absolute atomic E-state index is 5.48. The highest BCUT2D eigenvalue weighted by molar-refractivity contribution is 9.09. The molecule has 1 fully saturated rings. The SMILES string of the molecule is COC1CCCCC1OCBr. The maximum Gasteiger partial charge on any atom is 0.102 e. The van der Waals surface area contributed by atoms with E-state index in [9.17, 15) is 0 Å². The van der Waals surface area contributed by atoms with Crippen molar-refractivity contribution in [3.8, 4) is 0 Å². The first-order chi connectivity index (χ1) is 5.38. The summed E-state index contributed by atoms with van der Waals surface area (Å²) >= 11 is 3.26. The highest BCUT2D eigenvalue weighted by Crippen LogP contribution is 2.23. The van der Waals surface area contributed by atoms with E-state index in [-0.39, 0.29) is 0 Å². The minimum atomic E-state index is 0.313. The standard InChI is InChI=1S/C8H15BrO2/c1-10-7-4-2-3-5-8(7)11-6-9/h7-8H,2-6H2,1H3. The second-order valence-corrected chi connectivity index (χ2v) is 3.33. The Hall–Kier alpha value is 0.400. The van der Waals surface area contributed by atoms with Gasteiger partial charge in [-0.1, -0.05) is 28.8 Å². The van der Waals surface area contributed by atoms with Gasteiger partial charge >= 0.3 is 0 Å². The van der Waals surface area contributed by atoms with Gasteiger partial charge in [-0.25, -0.2) is 0 Å². The molecule has 0 spiro atoms. The van der Waals surface area contributed by atoms with Gasteiger partial charge in [0, 0.05) is 7.11 Å². The van der Waals surface area contributed by atoms with Gasteiger partial charge in [-0.3, -0.25) is 0 Å². The molecule has 2 atom stereocenters. The van der Waals surface area contributed by atoms with Crippen LogP contribution in [-0.2, 0) is 9.47 Å². The van der Waals surface area contributed by atoms with Crippen LogP contribution >= 0.6 is 15.9 Å². The van der Waals surface area contributed by atoms with Crippen molar-refractivity contribution >= 4 is 15.9 Å². The van der Waals surface area contributed by atoms with Crippen molar-refractivity contribution in [3.05, 3.63) is 0 Å². The number of rotatable bonds is 3. The first-order valence-electron chi connectivity index (χ1n) is 4.09. The fourth-order valence-electron chi connectivity index (χ4n) is 1.60. The quantitative estimate of drug-likeness (QED) is 0.683. The van der Waals surface area contributed by atoms with E-state index in [2.05, 4.69) is 15.9 Å². The molecule has 0 heterocycles. The topological polar surface area (TPSA) is 18.5 Å². The van der Waals surface area contributed by atoms with Gasteiger partial charge in [0.15, 0.2) is 0 Å². The van der Waals surface area contributed by atoms with Crippen LogP contribution in [0, 0.1) is 0 Å². The van der Waals surface area contributed by atoms with Crippen LogP contribution in [0.5, 0.6) is 0 Å². The Labute approximate surface area is 76.4 Å². The molecule has 1 aliphatic rings. The molecule has 0 N–H and O–H groups in total. The van der Waals surface area contributed by atoms with E-state index >= 15 is 0 Å². The average molecular weight is 223 g/mol. The first-order valence-corrected chi connectivity index (χ1v) is 5.21. The van der Waals surface area contributed by atoms with Gasteiger partial charge in [-0.15, -0.1) is 0 Å². The van der Waals surface area contributed by atoms with E-state index in [0.29, 0.717) is 17.7 Å². The summed E-state index contributed by atoms with van der Waals surface area (Å²) < 4.78 is 10.8. The van der Waals surface area contributed by atoms with E-state index in [0.717, 1.165) is 12.8 Å². The van der Waals surface area contributed by atoms with E-state index in [1.54, 1.807) is 7.11 Å². The fraction of sp³-hybridized carbons (Fsp3) is 1.00. The van der Waals surface area contributed by atoms with Crippen molar-refractivity contribution < 1.29 is 9.47 Å². The number of alkyl halides is 1. The van der Waals surface area contributed by atoms with E-state index in [1.165, 1.54) is 12.8 Å². The highest BCUT2D eigenvalue weighted by atomic mass is 79.9. The summed E-state index contributed by atoms with van der Waals surface area (Å²) in [6.07, 6.45) is 5.48. The molecular weight excluding hydrogens is 208 g/mol. The molecular formula is C8H15BrO2. The summed E-state index contributed by atoms with van der Waals surface area (Å²) in [6.45, 7) is 0. The van der Waals surface area contributed by atoms with Crippen LogP contribution < -0.4 is 0 Å². The minimum absolute atomic E-state index is 0.313. The molecule has 1 aliphatic carbocycles. The Balaban J connectivity index is 2.31. The summed E-state index contributed by atoms with van der Waals surface area (Å²) in [4.78, 5) is 0. The molecule has 0 amide bonds. The molecule has 0 radical (unpaired) electrons. The van der Waals surface area contributed by atoms with Crippen LogP contribution in [0.3, 0.4) is 0 Å². The van der Waals surface area contributed by atoms with Crippen LogP contribution in [0.2, 0.25) is 0 Å². The monoisotopic (exact) mass is 222 g/mol. The van der Waals surface area contributed by atoms with Gasteiger partial charge in [0.25, 0.3) is 0 Å². The smallest absolute Gasteiger partial charge is 0.102 e. The summed E-state index contributed by atoms with van der Waals surface area (Å²) in [7, 11) is 1.76. The Kier molecular flexibility index (Phi) is 4.41. The van der Waals surface area contributed by atoms with Crippen LogP contribution in [-0.4, -0.2) is 24.8 Å². The Morgan fingerprint density at radius 2 is 1.91 bits per heavy atom. The third-order valence-corrected chi connectivity index (χ3v) is 2.49. The predicted molar refractivity (Wildman–Crippen MR) is 47.9 cm³/mol.